The number of rotatable bonds is 5. The van der Waals surface area contributed by atoms with Crippen LogP contribution in [0.2, 0.25) is 0 Å². The Bertz CT molecular complexity index is 616. The Labute approximate surface area is 143 Å². The summed E-state index contributed by atoms with van der Waals surface area (Å²) < 4.78 is 7.21. The van der Waals surface area contributed by atoms with Crippen molar-refractivity contribution in [1.82, 2.24) is 19.6 Å². The van der Waals surface area contributed by atoms with Gasteiger partial charge in [-0.05, 0) is 31.2 Å². The smallest absolute Gasteiger partial charge is 0.267 e. The standard InChI is InChI=1S/C18H28N4O2/c23-18-11-16-3-1-4-17(16)19-22(18)14-15-12-21(13-15)7-6-20-5-2-9-24-10-8-20/h11,15H,1-10,12-14H2. The molecule has 0 saturated carbocycles. The Morgan fingerprint density at radius 2 is 1.96 bits per heavy atom. The number of hydrogen-bond acceptors (Lipinski definition) is 5. The maximum Gasteiger partial charge on any atom is 0.267 e. The molecule has 1 aliphatic carbocycles. The lowest BCUT2D eigenvalue weighted by molar-refractivity contribution is 0.0702. The van der Waals surface area contributed by atoms with Gasteiger partial charge in [0.2, 0.25) is 0 Å². The predicted molar refractivity (Wildman–Crippen MR) is 92.3 cm³/mol. The average molecular weight is 332 g/mol. The topological polar surface area (TPSA) is 50.6 Å². The summed E-state index contributed by atoms with van der Waals surface area (Å²) in [5.41, 5.74) is 2.40. The van der Waals surface area contributed by atoms with Crippen molar-refractivity contribution in [2.45, 2.75) is 32.2 Å². The summed E-state index contributed by atoms with van der Waals surface area (Å²) in [6, 6.07) is 1.81. The molecule has 0 N–H and O–H groups in total. The van der Waals surface area contributed by atoms with Gasteiger partial charge in [-0.3, -0.25) is 9.69 Å². The van der Waals surface area contributed by atoms with E-state index in [1.54, 1.807) is 4.68 Å². The van der Waals surface area contributed by atoms with Crippen molar-refractivity contribution in [1.29, 1.82) is 0 Å². The van der Waals surface area contributed by atoms with Crippen molar-refractivity contribution in [3.8, 4) is 0 Å². The molecule has 2 saturated heterocycles. The molecular weight excluding hydrogens is 304 g/mol. The summed E-state index contributed by atoms with van der Waals surface area (Å²) in [5, 5.41) is 4.59. The van der Waals surface area contributed by atoms with Crippen molar-refractivity contribution in [3.63, 3.8) is 0 Å². The minimum absolute atomic E-state index is 0.0821. The number of hydrogen-bond donors (Lipinski definition) is 0. The molecule has 132 valence electrons. The fraction of sp³-hybridized carbons (Fsp3) is 0.778. The van der Waals surface area contributed by atoms with Crippen LogP contribution in [-0.4, -0.2) is 72.1 Å². The second-order valence-corrected chi connectivity index (χ2v) is 7.42. The highest BCUT2D eigenvalue weighted by Crippen LogP contribution is 2.19. The zero-order valence-corrected chi connectivity index (χ0v) is 14.5. The first kappa shape index (κ1) is 16.2. The van der Waals surface area contributed by atoms with E-state index in [-0.39, 0.29) is 5.56 Å². The molecule has 0 atom stereocenters. The van der Waals surface area contributed by atoms with Crippen LogP contribution in [0.1, 0.15) is 24.1 Å². The molecule has 0 amide bonds. The van der Waals surface area contributed by atoms with Gasteiger partial charge in [0, 0.05) is 57.9 Å². The van der Waals surface area contributed by atoms with Crippen LogP contribution >= 0.6 is 0 Å². The number of aromatic nitrogens is 2. The molecule has 0 bridgehead atoms. The number of fused-ring (bicyclic) bond motifs is 1. The third kappa shape index (κ3) is 3.71. The van der Waals surface area contributed by atoms with Crippen molar-refractivity contribution in [2.75, 3.05) is 52.5 Å². The van der Waals surface area contributed by atoms with E-state index in [4.69, 9.17) is 4.74 Å². The first-order valence-electron chi connectivity index (χ1n) is 9.40. The van der Waals surface area contributed by atoms with Crippen LogP contribution in [-0.2, 0) is 24.1 Å². The van der Waals surface area contributed by atoms with E-state index in [1.807, 2.05) is 6.07 Å². The molecule has 2 aliphatic heterocycles. The Kier molecular flexibility index (Phi) is 4.96. The maximum absolute atomic E-state index is 12.2. The summed E-state index contributed by atoms with van der Waals surface area (Å²) in [4.78, 5) is 17.2. The summed E-state index contributed by atoms with van der Waals surface area (Å²) >= 11 is 0. The van der Waals surface area contributed by atoms with E-state index in [2.05, 4.69) is 14.9 Å². The van der Waals surface area contributed by atoms with Crippen LogP contribution in [0, 0.1) is 5.92 Å². The van der Waals surface area contributed by atoms with Crippen molar-refractivity contribution in [2.24, 2.45) is 5.92 Å². The van der Waals surface area contributed by atoms with Gasteiger partial charge in [0.05, 0.1) is 18.8 Å². The Hall–Kier alpha value is -1.24. The molecule has 2 fully saturated rings. The van der Waals surface area contributed by atoms with Gasteiger partial charge in [-0.2, -0.15) is 5.10 Å². The first-order valence-corrected chi connectivity index (χ1v) is 9.40. The Balaban J connectivity index is 1.23. The summed E-state index contributed by atoms with van der Waals surface area (Å²) in [6.45, 7) is 9.22. The van der Waals surface area contributed by atoms with Crippen molar-refractivity contribution < 1.29 is 4.74 Å². The van der Waals surface area contributed by atoms with Crippen LogP contribution in [0.25, 0.3) is 0 Å². The lowest BCUT2D eigenvalue weighted by atomic mass is 10.0. The molecule has 0 aromatic carbocycles. The molecule has 6 nitrogen and oxygen atoms in total. The fourth-order valence-corrected chi connectivity index (χ4v) is 4.09. The van der Waals surface area contributed by atoms with Crippen LogP contribution in [0.5, 0.6) is 0 Å². The van der Waals surface area contributed by atoms with Gasteiger partial charge in [-0.1, -0.05) is 0 Å². The van der Waals surface area contributed by atoms with Gasteiger partial charge in [-0.25, -0.2) is 4.68 Å². The van der Waals surface area contributed by atoms with Gasteiger partial charge in [0.1, 0.15) is 0 Å². The molecule has 1 aromatic heterocycles. The molecule has 0 radical (unpaired) electrons. The third-order valence-electron chi connectivity index (χ3n) is 5.54. The summed E-state index contributed by atoms with van der Waals surface area (Å²) in [5.74, 6) is 0.571. The van der Waals surface area contributed by atoms with Crippen LogP contribution in [0.3, 0.4) is 0 Å². The van der Waals surface area contributed by atoms with Gasteiger partial charge < -0.3 is 9.64 Å². The average Bonchev–Trinajstić information content (AvgIpc) is 2.82. The lowest BCUT2D eigenvalue weighted by Crippen LogP contribution is -2.51. The molecular formula is C18H28N4O2. The highest BCUT2D eigenvalue weighted by atomic mass is 16.5. The van der Waals surface area contributed by atoms with Gasteiger partial charge in [0.25, 0.3) is 5.56 Å². The third-order valence-corrected chi connectivity index (χ3v) is 5.54. The highest BCUT2D eigenvalue weighted by molar-refractivity contribution is 5.22. The number of likely N-dealkylation sites (tertiary alicyclic amines) is 1. The van der Waals surface area contributed by atoms with E-state index >= 15 is 0 Å². The summed E-state index contributed by atoms with van der Waals surface area (Å²) in [6.07, 6.45) is 4.35. The quantitative estimate of drug-likeness (QED) is 0.781. The largest absolute Gasteiger partial charge is 0.380 e. The monoisotopic (exact) mass is 332 g/mol. The minimum atomic E-state index is 0.0821. The molecule has 6 heteroatoms. The second kappa shape index (κ2) is 7.33. The zero-order chi connectivity index (χ0) is 16.4. The van der Waals surface area contributed by atoms with Gasteiger partial charge in [0.15, 0.2) is 0 Å². The number of ether oxygens (including phenoxy) is 1. The molecule has 0 spiro atoms. The first-order chi connectivity index (χ1) is 11.8. The van der Waals surface area contributed by atoms with E-state index in [0.717, 1.165) is 90.4 Å². The molecule has 1 aromatic rings. The molecule has 3 heterocycles. The second-order valence-electron chi connectivity index (χ2n) is 7.42. The predicted octanol–water partition coefficient (Wildman–Crippen LogP) is 0.386. The highest BCUT2D eigenvalue weighted by Gasteiger charge is 2.28. The van der Waals surface area contributed by atoms with Crippen molar-refractivity contribution in [3.05, 3.63) is 27.7 Å². The van der Waals surface area contributed by atoms with Crippen LogP contribution in [0.15, 0.2) is 10.9 Å². The molecule has 0 unspecified atom stereocenters. The van der Waals surface area contributed by atoms with Crippen LogP contribution < -0.4 is 5.56 Å². The fourth-order valence-electron chi connectivity index (χ4n) is 4.09. The molecule has 4 rings (SSSR count). The minimum Gasteiger partial charge on any atom is -0.380 e. The van der Waals surface area contributed by atoms with Crippen molar-refractivity contribution >= 4 is 0 Å². The van der Waals surface area contributed by atoms with E-state index in [9.17, 15) is 4.79 Å². The maximum atomic E-state index is 12.2. The molecule has 24 heavy (non-hydrogen) atoms. The summed E-state index contributed by atoms with van der Waals surface area (Å²) in [7, 11) is 0. The van der Waals surface area contributed by atoms with Gasteiger partial charge >= 0.3 is 0 Å². The SMILES string of the molecule is O=c1cc2c(nn1CC1CN(CCN3CCCOCC3)C1)CCC2. The van der Waals surface area contributed by atoms with Crippen LogP contribution in [0.4, 0.5) is 0 Å². The van der Waals surface area contributed by atoms with E-state index in [0.29, 0.717) is 5.92 Å². The number of nitrogens with zero attached hydrogens (tertiary/aromatic N) is 4. The van der Waals surface area contributed by atoms with Gasteiger partial charge in [-0.15, -0.1) is 0 Å². The Morgan fingerprint density at radius 3 is 2.88 bits per heavy atom. The Morgan fingerprint density at radius 1 is 1.08 bits per heavy atom. The normalized spacial score (nSPS) is 23.0. The van der Waals surface area contributed by atoms with E-state index < -0.39 is 0 Å². The zero-order valence-electron chi connectivity index (χ0n) is 14.5. The van der Waals surface area contributed by atoms with E-state index in [1.165, 1.54) is 5.56 Å². The number of aryl methyl sites for hydroxylation is 2. The lowest BCUT2D eigenvalue weighted by Gasteiger charge is -2.40. The molecule has 3 aliphatic rings.